The summed E-state index contributed by atoms with van der Waals surface area (Å²) in [5, 5.41) is 4.29. The van der Waals surface area contributed by atoms with Gasteiger partial charge < -0.3 is 9.47 Å². The van der Waals surface area contributed by atoms with Gasteiger partial charge in [-0.05, 0) is 52.2 Å². The molecule has 0 unspecified atom stereocenters. The molecule has 0 bridgehead atoms. The highest BCUT2D eigenvalue weighted by Crippen LogP contribution is 2.35. The molecule has 6 heteroatoms. The molecular formula is C21H20FN3OS. The Morgan fingerprint density at radius 3 is 2.59 bits per heavy atom. The van der Waals surface area contributed by atoms with Crippen LogP contribution in [-0.4, -0.2) is 39.4 Å². The number of aromatic nitrogens is 1. The number of rotatable bonds is 4. The Labute approximate surface area is 161 Å². The number of hydrogen-bond donors (Lipinski definition) is 0. The third-order valence-corrected chi connectivity index (χ3v) is 6.34. The van der Waals surface area contributed by atoms with Crippen LogP contribution in [0.2, 0.25) is 0 Å². The molecule has 0 N–H and O–H groups in total. The minimum absolute atomic E-state index is 0.0583. The molecule has 2 aromatic heterocycles. The van der Waals surface area contributed by atoms with Crippen molar-refractivity contribution in [3.05, 3.63) is 82.1 Å². The van der Waals surface area contributed by atoms with Crippen molar-refractivity contribution in [2.45, 2.75) is 25.2 Å². The number of fused-ring (bicyclic) bond motifs is 3. The first-order valence-electron chi connectivity index (χ1n) is 9.15. The number of benzene rings is 1. The van der Waals surface area contributed by atoms with Gasteiger partial charge in [0.1, 0.15) is 11.5 Å². The van der Waals surface area contributed by atoms with E-state index < -0.39 is 0 Å². The lowest BCUT2D eigenvalue weighted by Gasteiger charge is -2.38. The van der Waals surface area contributed by atoms with Gasteiger partial charge in [-0.1, -0.05) is 12.1 Å². The summed E-state index contributed by atoms with van der Waals surface area (Å²) in [6.45, 7) is 3.20. The highest BCUT2D eigenvalue weighted by Gasteiger charge is 2.44. The predicted molar refractivity (Wildman–Crippen MR) is 103 cm³/mol. The highest BCUT2D eigenvalue weighted by molar-refractivity contribution is 7.07. The molecule has 1 amide bonds. The molecule has 2 aliphatic heterocycles. The Morgan fingerprint density at radius 1 is 1.00 bits per heavy atom. The van der Waals surface area contributed by atoms with E-state index in [2.05, 4.69) is 26.3 Å². The van der Waals surface area contributed by atoms with Crippen molar-refractivity contribution in [3.63, 3.8) is 0 Å². The third kappa shape index (κ3) is 2.99. The molecule has 5 rings (SSSR count). The monoisotopic (exact) mass is 381 g/mol. The van der Waals surface area contributed by atoms with E-state index >= 15 is 0 Å². The van der Waals surface area contributed by atoms with E-state index in [1.54, 1.807) is 23.5 Å². The summed E-state index contributed by atoms with van der Waals surface area (Å²) in [5.41, 5.74) is 3.03. The van der Waals surface area contributed by atoms with Gasteiger partial charge in [-0.3, -0.25) is 9.69 Å². The summed E-state index contributed by atoms with van der Waals surface area (Å²) in [7, 11) is 0. The molecule has 27 heavy (non-hydrogen) atoms. The van der Waals surface area contributed by atoms with Gasteiger partial charge >= 0.3 is 0 Å². The molecule has 4 nitrogen and oxygen atoms in total. The van der Waals surface area contributed by atoms with Gasteiger partial charge in [0.25, 0.3) is 5.91 Å². The summed E-state index contributed by atoms with van der Waals surface area (Å²) in [6, 6.07) is 12.9. The second-order valence-corrected chi connectivity index (χ2v) is 8.10. The van der Waals surface area contributed by atoms with Gasteiger partial charge in [-0.2, -0.15) is 11.3 Å². The van der Waals surface area contributed by atoms with Crippen LogP contribution in [0.15, 0.2) is 59.4 Å². The third-order valence-electron chi connectivity index (χ3n) is 5.60. The van der Waals surface area contributed by atoms with Crippen LogP contribution in [0.4, 0.5) is 4.39 Å². The Kier molecular flexibility index (Phi) is 4.10. The zero-order valence-electron chi connectivity index (χ0n) is 14.8. The highest BCUT2D eigenvalue weighted by atomic mass is 32.1. The van der Waals surface area contributed by atoms with Crippen molar-refractivity contribution in [2.24, 2.45) is 0 Å². The number of carbonyl (C=O) groups excluding carboxylic acids is 1. The molecule has 0 spiro atoms. The summed E-state index contributed by atoms with van der Waals surface area (Å²) in [6.07, 6.45) is 2.02. The SMILES string of the molecule is O=C1c2cccn2[C@H]2CN(Cc3ccsc3)C[C@@H]2N1Cc1ccc(F)cc1. The van der Waals surface area contributed by atoms with Crippen LogP contribution in [0.25, 0.3) is 0 Å². The number of nitrogens with zero attached hydrogens (tertiary/aromatic N) is 3. The summed E-state index contributed by atoms with van der Waals surface area (Å²) in [4.78, 5) is 17.5. The number of carbonyl (C=O) groups is 1. The van der Waals surface area contributed by atoms with Gasteiger partial charge in [0.2, 0.25) is 0 Å². The Bertz CT molecular complexity index is 950. The second kappa shape index (κ2) is 6.62. The number of amides is 1. The van der Waals surface area contributed by atoms with Gasteiger partial charge in [0.15, 0.2) is 0 Å². The molecule has 0 aliphatic carbocycles. The normalized spacial score (nSPS) is 22.1. The fourth-order valence-electron chi connectivity index (χ4n) is 4.33. The molecule has 1 aromatic carbocycles. The molecule has 0 radical (unpaired) electrons. The quantitative estimate of drug-likeness (QED) is 0.688. The number of thiophene rings is 1. The van der Waals surface area contributed by atoms with Crippen LogP contribution >= 0.6 is 11.3 Å². The lowest BCUT2D eigenvalue weighted by molar-refractivity contribution is 0.0556. The van der Waals surface area contributed by atoms with Crippen molar-refractivity contribution < 1.29 is 9.18 Å². The lowest BCUT2D eigenvalue weighted by atomic mass is 10.0. The fraction of sp³-hybridized carbons (Fsp3) is 0.286. The van der Waals surface area contributed by atoms with Crippen molar-refractivity contribution in [3.8, 4) is 0 Å². The topological polar surface area (TPSA) is 28.5 Å². The molecule has 138 valence electrons. The van der Waals surface area contributed by atoms with E-state index in [1.165, 1.54) is 17.7 Å². The first-order valence-corrected chi connectivity index (χ1v) is 10.1. The van der Waals surface area contributed by atoms with Crippen LogP contribution < -0.4 is 0 Å². The maximum absolute atomic E-state index is 13.3. The molecule has 1 fully saturated rings. The van der Waals surface area contributed by atoms with Crippen LogP contribution in [0, 0.1) is 5.82 Å². The predicted octanol–water partition coefficient (Wildman–Crippen LogP) is 3.77. The molecule has 3 aromatic rings. The molecule has 2 atom stereocenters. The summed E-state index contributed by atoms with van der Waals surface area (Å²) >= 11 is 1.72. The van der Waals surface area contributed by atoms with Crippen molar-refractivity contribution in [1.82, 2.24) is 14.4 Å². The summed E-state index contributed by atoms with van der Waals surface area (Å²) in [5.74, 6) is -0.193. The molecule has 0 saturated carbocycles. The number of hydrogen-bond acceptors (Lipinski definition) is 3. The molecule has 1 saturated heterocycles. The van der Waals surface area contributed by atoms with Crippen molar-refractivity contribution >= 4 is 17.2 Å². The van der Waals surface area contributed by atoms with Gasteiger partial charge in [-0.25, -0.2) is 4.39 Å². The van der Waals surface area contributed by atoms with E-state index in [-0.39, 0.29) is 23.8 Å². The van der Waals surface area contributed by atoms with Crippen molar-refractivity contribution in [2.75, 3.05) is 13.1 Å². The van der Waals surface area contributed by atoms with E-state index in [1.807, 2.05) is 23.2 Å². The van der Waals surface area contributed by atoms with E-state index in [0.29, 0.717) is 6.54 Å². The lowest BCUT2D eigenvalue weighted by Crippen LogP contribution is -2.49. The molecule has 2 aliphatic rings. The molecular weight excluding hydrogens is 361 g/mol. The average Bonchev–Trinajstić information content (AvgIpc) is 3.40. The largest absolute Gasteiger partial charge is 0.337 e. The zero-order valence-corrected chi connectivity index (χ0v) is 15.6. The van der Waals surface area contributed by atoms with Crippen LogP contribution in [0.3, 0.4) is 0 Å². The van der Waals surface area contributed by atoms with Gasteiger partial charge in [0.05, 0.1) is 12.1 Å². The first kappa shape index (κ1) is 16.7. The minimum atomic E-state index is -0.252. The maximum Gasteiger partial charge on any atom is 0.271 e. The van der Waals surface area contributed by atoms with Crippen LogP contribution in [-0.2, 0) is 13.1 Å². The Balaban J connectivity index is 1.44. The average molecular weight is 381 g/mol. The Morgan fingerprint density at radius 2 is 1.81 bits per heavy atom. The van der Waals surface area contributed by atoms with Crippen LogP contribution in [0.1, 0.15) is 27.7 Å². The van der Waals surface area contributed by atoms with E-state index in [4.69, 9.17) is 0 Å². The number of halogens is 1. The standard InChI is InChI=1S/C21H20FN3OS/c22-17-5-3-15(4-6-17)11-25-20-13-23(10-16-7-9-27-14-16)12-19(20)24-8-1-2-18(24)21(25)26/h1-9,14,19-20H,10-13H2/t19-,20-/m0/s1. The Hall–Kier alpha value is -2.44. The van der Waals surface area contributed by atoms with Gasteiger partial charge in [-0.15, -0.1) is 0 Å². The second-order valence-electron chi connectivity index (χ2n) is 7.32. The van der Waals surface area contributed by atoms with Gasteiger partial charge in [0, 0.05) is 32.4 Å². The van der Waals surface area contributed by atoms with E-state index in [0.717, 1.165) is 30.9 Å². The zero-order chi connectivity index (χ0) is 18.4. The minimum Gasteiger partial charge on any atom is -0.337 e. The smallest absolute Gasteiger partial charge is 0.271 e. The number of likely N-dealkylation sites (tertiary alicyclic amines) is 1. The first-order chi connectivity index (χ1) is 13.2. The maximum atomic E-state index is 13.3. The van der Waals surface area contributed by atoms with Crippen LogP contribution in [0.5, 0.6) is 0 Å². The summed E-state index contributed by atoms with van der Waals surface area (Å²) < 4.78 is 15.4. The molecule has 4 heterocycles. The fourth-order valence-corrected chi connectivity index (χ4v) is 4.99. The van der Waals surface area contributed by atoms with E-state index in [9.17, 15) is 9.18 Å². The van der Waals surface area contributed by atoms with Crippen molar-refractivity contribution in [1.29, 1.82) is 0 Å².